The Labute approximate surface area is 178 Å². The quantitative estimate of drug-likeness (QED) is 0.804. The molecule has 1 atom stereocenters. The summed E-state index contributed by atoms with van der Waals surface area (Å²) in [6.45, 7) is 8.07. The zero-order valence-corrected chi connectivity index (χ0v) is 17.9. The lowest BCUT2D eigenvalue weighted by Crippen LogP contribution is -2.43. The van der Waals surface area contributed by atoms with Crippen LogP contribution in [0.25, 0.3) is 11.3 Å². The second kappa shape index (κ2) is 9.30. The fourth-order valence-corrected chi connectivity index (χ4v) is 3.93. The Morgan fingerprint density at radius 1 is 1.13 bits per heavy atom. The van der Waals surface area contributed by atoms with E-state index in [0.29, 0.717) is 11.3 Å². The molecule has 0 spiro atoms. The van der Waals surface area contributed by atoms with E-state index in [4.69, 9.17) is 4.98 Å². The lowest BCUT2D eigenvalue weighted by Gasteiger charge is -2.29. The van der Waals surface area contributed by atoms with Gasteiger partial charge in [0.05, 0.1) is 17.1 Å². The van der Waals surface area contributed by atoms with Crippen molar-refractivity contribution in [2.45, 2.75) is 39.2 Å². The van der Waals surface area contributed by atoms with Crippen molar-refractivity contribution < 1.29 is 0 Å². The molecule has 2 aromatic rings. The highest BCUT2D eigenvalue weighted by Crippen LogP contribution is 2.18. The second-order valence-corrected chi connectivity index (χ2v) is 8.12. The van der Waals surface area contributed by atoms with Gasteiger partial charge in [0.1, 0.15) is 5.65 Å². The number of nitrogens with one attached hydrogen (secondary N) is 2. The van der Waals surface area contributed by atoms with Crippen molar-refractivity contribution in [2.75, 3.05) is 31.1 Å². The Kier molecular flexibility index (Phi) is 6.33. The number of anilines is 1. The van der Waals surface area contributed by atoms with E-state index < -0.39 is 0 Å². The Bertz CT molecular complexity index is 1040. The fraction of sp³-hybridized carbons (Fsp3) is 0.417. The number of pyridine rings is 1. The van der Waals surface area contributed by atoms with Crippen LogP contribution < -0.4 is 21.1 Å². The van der Waals surface area contributed by atoms with Crippen LogP contribution in [0, 0.1) is 0 Å². The average molecular weight is 406 g/mol. The third-order valence-corrected chi connectivity index (χ3v) is 5.66. The number of fused-ring (bicyclic) bond motifs is 1. The summed E-state index contributed by atoms with van der Waals surface area (Å²) in [7, 11) is 0. The Balaban J connectivity index is 1.65. The molecular weight excluding hydrogens is 374 g/mol. The molecule has 4 rings (SSSR count). The largest absolute Gasteiger partial charge is 0.378 e. The highest BCUT2D eigenvalue weighted by molar-refractivity contribution is 5.63. The molecule has 2 aliphatic rings. The highest BCUT2D eigenvalue weighted by atomic mass is 16.1. The van der Waals surface area contributed by atoms with Gasteiger partial charge < -0.3 is 15.5 Å². The van der Waals surface area contributed by atoms with Crippen molar-refractivity contribution >= 4 is 17.0 Å². The van der Waals surface area contributed by atoms with Gasteiger partial charge in [0, 0.05) is 44.5 Å². The monoisotopic (exact) mass is 405 g/mol. The summed E-state index contributed by atoms with van der Waals surface area (Å²) < 4.78 is 1.66. The molecule has 0 amide bonds. The molecule has 0 saturated carbocycles. The first-order chi connectivity index (χ1) is 14.6. The van der Waals surface area contributed by atoms with E-state index in [1.807, 2.05) is 12.3 Å². The maximum Gasteiger partial charge on any atom is 0.258 e. The van der Waals surface area contributed by atoms with Gasteiger partial charge in [-0.15, -0.1) is 0 Å². The lowest BCUT2D eigenvalue weighted by molar-refractivity contribution is 0.588. The van der Waals surface area contributed by atoms with Gasteiger partial charge >= 0.3 is 0 Å². The van der Waals surface area contributed by atoms with Crippen molar-refractivity contribution in [3.8, 4) is 0 Å². The summed E-state index contributed by atoms with van der Waals surface area (Å²) in [5.41, 5.74) is 4.61. The Morgan fingerprint density at radius 2 is 1.93 bits per heavy atom. The normalized spacial score (nSPS) is 25.4. The Morgan fingerprint density at radius 3 is 2.77 bits per heavy atom. The number of hydrogen-bond acceptors (Lipinski definition) is 5. The first-order valence-electron chi connectivity index (χ1n) is 10.9. The molecule has 158 valence electrons. The van der Waals surface area contributed by atoms with Crippen LogP contribution >= 0.6 is 0 Å². The standard InChI is InChI=1S/C24H31N5O/c1-18-6-4-3-5-7-21(26-19(2)9-8-18)22-16-24(30)29-17-20(10-11-23(29)27-22)28-14-12-25-13-15-28/h6-11,16-17,19,25-26H,3-5,12-15H2,1-2H3/b9-8-,18-6-,21-7-. The van der Waals surface area contributed by atoms with Gasteiger partial charge in [-0.05, 0) is 45.2 Å². The maximum absolute atomic E-state index is 12.9. The molecule has 30 heavy (non-hydrogen) atoms. The third-order valence-electron chi connectivity index (χ3n) is 5.66. The van der Waals surface area contributed by atoms with Crippen molar-refractivity contribution in [3.63, 3.8) is 0 Å². The number of nitrogens with zero attached hydrogens (tertiary/aromatic N) is 3. The first-order valence-corrected chi connectivity index (χ1v) is 10.9. The maximum atomic E-state index is 12.9. The molecule has 0 radical (unpaired) electrons. The van der Waals surface area contributed by atoms with Crippen LogP contribution in [-0.4, -0.2) is 41.6 Å². The van der Waals surface area contributed by atoms with Crippen LogP contribution in [0.4, 0.5) is 5.69 Å². The minimum absolute atomic E-state index is 0.0512. The summed E-state index contributed by atoms with van der Waals surface area (Å²) in [5, 5.41) is 6.89. The van der Waals surface area contributed by atoms with Crippen molar-refractivity contribution in [3.05, 3.63) is 70.3 Å². The van der Waals surface area contributed by atoms with Gasteiger partial charge in [-0.25, -0.2) is 4.98 Å². The van der Waals surface area contributed by atoms with Crippen LogP contribution in [0.15, 0.2) is 59.1 Å². The summed E-state index contributed by atoms with van der Waals surface area (Å²) >= 11 is 0. The molecule has 0 bridgehead atoms. The van der Waals surface area contributed by atoms with Gasteiger partial charge in [0.15, 0.2) is 0 Å². The summed E-state index contributed by atoms with van der Waals surface area (Å²) in [6, 6.07) is 5.81. The third kappa shape index (κ3) is 4.82. The molecule has 0 aromatic carbocycles. The van der Waals surface area contributed by atoms with E-state index >= 15 is 0 Å². The van der Waals surface area contributed by atoms with Gasteiger partial charge in [-0.2, -0.15) is 0 Å². The number of allylic oxidation sites excluding steroid dienone is 4. The average Bonchev–Trinajstić information content (AvgIpc) is 2.80. The molecule has 4 heterocycles. The summed E-state index contributed by atoms with van der Waals surface area (Å²) in [6.07, 6.45) is 13.7. The molecular formula is C24H31N5O. The van der Waals surface area contributed by atoms with E-state index in [0.717, 1.165) is 56.8 Å². The SMILES string of the molecule is CC1=C/CCC/C=C(/c2cc(=O)n3cc(N4CCNCC4)ccc3n2)NC(C)/C=C\1. The second-order valence-electron chi connectivity index (χ2n) is 8.12. The minimum Gasteiger partial charge on any atom is -0.378 e. The fourth-order valence-electron chi connectivity index (χ4n) is 3.93. The zero-order valence-electron chi connectivity index (χ0n) is 17.9. The first kappa shape index (κ1) is 20.4. The number of aromatic nitrogens is 2. The van der Waals surface area contributed by atoms with E-state index in [9.17, 15) is 4.79 Å². The Hall–Kier alpha value is -2.86. The molecule has 1 fully saturated rings. The van der Waals surface area contributed by atoms with Crippen LogP contribution in [0.2, 0.25) is 0 Å². The van der Waals surface area contributed by atoms with Gasteiger partial charge in [-0.3, -0.25) is 9.20 Å². The van der Waals surface area contributed by atoms with Gasteiger partial charge in [0.25, 0.3) is 5.56 Å². The van der Waals surface area contributed by atoms with Crippen molar-refractivity contribution in [1.82, 2.24) is 20.0 Å². The van der Waals surface area contributed by atoms with Gasteiger partial charge in [-0.1, -0.05) is 29.9 Å². The van der Waals surface area contributed by atoms with Crippen LogP contribution in [0.3, 0.4) is 0 Å². The van der Waals surface area contributed by atoms with E-state index in [-0.39, 0.29) is 11.6 Å². The number of hydrogen-bond donors (Lipinski definition) is 2. The molecule has 6 nitrogen and oxygen atoms in total. The summed E-state index contributed by atoms with van der Waals surface area (Å²) in [4.78, 5) is 20.1. The highest BCUT2D eigenvalue weighted by Gasteiger charge is 2.13. The van der Waals surface area contributed by atoms with Crippen LogP contribution in [0.1, 0.15) is 38.8 Å². The molecule has 0 aliphatic carbocycles. The van der Waals surface area contributed by atoms with E-state index in [2.05, 4.69) is 59.8 Å². The minimum atomic E-state index is -0.0512. The molecule has 2 N–H and O–H groups in total. The topological polar surface area (TPSA) is 61.7 Å². The lowest BCUT2D eigenvalue weighted by atomic mass is 10.1. The van der Waals surface area contributed by atoms with E-state index in [1.165, 1.54) is 5.57 Å². The summed E-state index contributed by atoms with van der Waals surface area (Å²) in [5.74, 6) is 0. The van der Waals surface area contributed by atoms with Crippen LogP contribution in [0.5, 0.6) is 0 Å². The van der Waals surface area contributed by atoms with Crippen LogP contribution in [-0.2, 0) is 0 Å². The molecule has 1 unspecified atom stereocenters. The van der Waals surface area contributed by atoms with Crippen molar-refractivity contribution in [2.24, 2.45) is 0 Å². The smallest absolute Gasteiger partial charge is 0.258 e. The number of rotatable bonds is 2. The zero-order chi connectivity index (χ0) is 20.9. The molecule has 2 aromatic heterocycles. The van der Waals surface area contributed by atoms with Gasteiger partial charge in [0.2, 0.25) is 0 Å². The predicted molar refractivity (Wildman–Crippen MR) is 124 cm³/mol. The molecule has 1 saturated heterocycles. The molecule has 6 heteroatoms. The number of piperazine rings is 1. The van der Waals surface area contributed by atoms with Crippen molar-refractivity contribution in [1.29, 1.82) is 0 Å². The van der Waals surface area contributed by atoms with E-state index in [1.54, 1.807) is 10.5 Å². The molecule has 2 aliphatic heterocycles. The predicted octanol–water partition coefficient (Wildman–Crippen LogP) is 3.11.